The van der Waals surface area contributed by atoms with Gasteiger partial charge in [0.15, 0.2) is 0 Å². The molecule has 0 saturated carbocycles. The lowest BCUT2D eigenvalue weighted by atomic mass is 10.1. The van der Waals surface area contributed by atoms with Crippen LogP contribution in [-0.2, 0) is 0 Å². The second kappa shape index (κ2) is 6.03. The van der Waals surface area contributed by atoms with Gasteiger partial charge < -0.3 is 10.6 Å². The monoisotopic (exact) mass is 288 g/mol. The molecule has 2 N–H and O–H groups in total. The number of aryl methyl sites for hydroxylation is 2. The van der Waals surface area contributed by atoms with Gasteiger partial charge in [0.05, 0.1) is 0 Å². The quantitative estimate of drug-likeness (QED) is 0.884. The number of nitrogens with one attached hydrogen (secondary N) is 2. The molecular formula is C16H24N4O. The van der Waals surface area contributed by atoms with E-state index >= 15 is 0 Å². The molecule has 3 saturated heterocycles. The Kier molecular flexibility index (Phi) is 4.12. The Labute approximate surface area is 126 Å². The van der Waals surface area contributed by atoms with Crippen LogP contribution in [0.3, 0.4) is 0 Å². The molecule has 2 amide bonds. The van der Waals surface area contributed by atoms with Crippen molar-refractivity contribution in [2.24, 2.45) is 0 Å². The molecule has 2 bridgehead atoms. The van der Waals surface area contributed by atoms with Crippen molar-refractivity contribution >= 4 is 11.7 Å². The number of nitrogens with zero attached hydrogens (tertiary/aromatic N) is 2. The van der Waals surface area contributed by atoms with E-state index in [-0.39, 0.29) is 6.03 Å². The number of anilines is 1. The summed E-state index contributed by atoms with van der Waals surface area (Å²) < 4.78 is 0. The Morgan fingerprint density at radius 1 is 1.19 bits per heavy atom. The Balaban J connectivity index is 1.49. The number of rotatable bonds is 3. The second-order valence-electron chi connectivity index (χ2n) is 6.12. The SMILES string of the molecule is Cc1ccc(NC(=O)NCC2CN3CCN2CC3)cc1C. The highest BCUT2D eigenvalue weighted by atomic mass is 16.2. The van der Waals surface area contributed by atoms with Crippen molar-refractivity contribution in [3.63, 3.8) is 0 Å². The van der Waals surface area contributed by atoms with Gasteiger partial charge >= 0.3 is 6.03 Å². The third-order valence-electron chi connectivity index (χ3n) is 4.66. The maximum absolute atomic E-state index is 12.0. The maximum Gasteiger partial charge on any atom is 0.319 e. The standard InChI is InChI=1S/C16H24N4O/c1-12-3-4-14(9-13(12)2)18-16(21)17-10-15-11-19-5-7-20(15)8-6-19/h3-4,9,15H,5-8,10-11H2,1-2H3,(H2,17,18,21). The molecule has 4 rings (SSSR count). The molecule has 3 fully saturated rings. The van der Waals surface area contributed by atoms with Crippen LogP contribution in [0.2, 0.25) is 0 Å². The molecule has 0 spiro atoms. The van der Waals surface area contributed by atoms with Gasteiger partial charge in [0.25, 0.3) is 0 Å². The topological polar surface area (TPSA) is 47.6 Å². The zero-order valence-electron chi connectivity index (χ0n) is 12.9. The summed E-state index contributed by atoms with van der Waals surface area (Å²) >= 11 is 0. The smallest absolute Gasteiger partial charge is 0.319 e. The summed E-state index contributed by atoms with van der Waals surface area (Å²) in [5, 5.41) is 5.91. The first-order valence-electron chi connectivity index (χ1n) is 7.70. The predicted molar refractivity (Wildman–Crippen MR) is 84.7 cm³/mol. The number of amides is 2. The van der Waals surface area contributed by atoms with Crippen molar-refractivity contribution in [1.29, 1.82) is 0 Å². The highest BCUT2D eigenvalue weighted by molar-refractivity contribution is 5.89. The Bertz CT molecular complexity index is 523. The van der Waals surface area contributed by atoms with Crippen LogP contribution in [-0.4, -0.2) is 61.1 Å². The maximum atomic E-state index is 12.0. The molecule has 3 aliphatic heterocycles. The summed E-state index contributed by atoms with van der Waals surface area (Å²) in [4.78, 5) is 17.0. The number of carbonyl (C=O) groups excluding carboxylic acids is 1. The number of urea groups is 1. The van der Waals surface area contributed by atoms with Crippen molar-refractivity contribution in [1.82, 2.24) is 15.1 Å². The van der Waals surface area contributed by atoms with Gasteiger partial charge in [-0.15, -0.1) is 0 Å². The molecule has 1 atom stereocenters. The van der Waals surface area contributed by atoms with E-state index in [2.05, 4.69) is 34.3 Å². The molecule has 3 heterocycles. The van der Waals surface area contributed by atoms with Crippen molar-refractivity contribution < 1.29 is 4.79 Å². The zero-order valence-corrected chi connectivity index (χ0v) is 12.9. The van der Waals surface area contributed by atoms with Gasteiger partial charge in [0, 0.05) is 51.0 Å². The van der Waals surface area contributed by atoms with Gasteiger partial charge in [-0.25, -0.2) is 4.79 Å². The highest BCUT2D eigenvalue weighted by Crippen LogP contribution is 2.15. The van der Waals surface area contributed by atoms with E-state index in [9.17, 15) is 4.79 Å². The fourth-order valence-corrected chi connectivity index (χ4v) is 3.12. The minimum Gasteiger partial charge on any atom is -0.336 e. The fraction of sp³-hybridized carbons (Fsp3) is 0.562. The van der Waals surface area contributed by atoms with Gasteiger partial charge in [-0.2, -0.15) is 0 Å². The van der Waals surface area contributed by atoms with Crippen LogP contribution in [0.15, 0.2) is 18.2 Å². The van der Waals surface area contributed by atoms with Gasteiger partial charge in [-0.05, 0) is 37.1 Å². The molecule has 3 aliphatic rings. The summed E-state index contributed by atoms with van der Waals surface area (Å²) in [6.45, 7) is 10.5. The number of fused-ring (bicyclic) bond motifs is 3. The Morgan fingerprint density at radius 2 is 1.95 bits per heavy atom. The lowest BCUT2D eigenvalue weighted by Crippen LogP contribution is -2.63. The van der Waals surface area contributed by atoms with Gasteiger partial charge in [0.1, 0.15) is 0 Å². The van der Waals surface area contributed by atoms with E-state index in [1.54, 1.807) is 0 Å². The summed E-state index contributed by atoms with van der Waals surface area (Å²) in [6.07, 6.45) is 0. The van der Waals surface area contributed by atoms with Crippen LogP contribution in [0.5, 0.6) is 0 Å². The molecule has 21 heavy (non-hydrogen) atoms. The van der Waals surface area contributed by atoms with Crippen molar-refractivity contribution in [2.45, 2.75) is 19.9 Å². The highest BCUT2D eigenvalue weighted by Gasteiger charge is 2.31. The van der Waals surface area contributed by atoms with E-state index in [1.807, 2.05) is 18.2 Å². The number of piperazine rings is 3. The first-order chi connectivity index (χ1) is 10.1. The normalized spacial score (nSPS) is 27.4. The second-order valence-corrected chi connectivity index (χ2v) is 6.12. The molecule has 0 radical (unpaired) electrons. The summed E-state index contributed by atoms with van der Waals surface area (Å²) in [7, 11) is 0. The van der Waals surface area contributed by atoms with Crippen LogP contribution >= 0.6 is 0 Å². The number of hydrogen-bond acceptors (Lipinski definition) is 3. The van der Waals surface area contributed by atoms with Crippen LogP contribution in [0.25, 0.3) is 0 Å². The van der Waals surface area contributed by atoms with Crippen molar-refractivity contribution in [3.05, 3.63) is 29.3 Å². The molecule has 1 unspecified atom stereocenters. The Morgan fingerprint density at radius 3 is 2.57 bits per heavy atom. The summed E-state index contributed by atoms with van der Waals surface area (Å²) in [6, 6.07) is 6.32. The zero-order chi connectivity index (χ0) is 14.8. The Hall–Kier alpha value is -1.59. The van der Waals surface area contributed by atoms with Crippen molar-refractivity contribution in [3.8, 4) is 0 Å². The van der Waals surface area contributed by atoms with Crippen LogP contribution < -0.4 is 10.6 Å². The van der Waals surface area contributed by atoms with Gasteiger partial charge in [-0.1, -0.05) is 6.07 Å². The minimum absolute atomic E-state index is 0.115. The molecule has 1 aromatic carbocycles. The number of carbonyl (C=O) groups is 1. The molecule has 1 aromatic rings. The third kappa shape index (κ3) is 3.36. The third-order valence-corrected chi connectivity index (χ3v) is 4.66. The lowest BCUT2D eigenvalue weighted by Gasteiger charge is -2.47. The first-order valence-corrected chi connectivity index (χ1v) is 7.70. The predicted octanol–water partition coefficient (Wildman–Crippen LogP) is 1.42. The van der Waals surface area contributed by atoms with Crippen LogP contribution in [0.1, 0.15) is 11.1 Å². The molecule has 114 valence electrons. The molecule has 5 nitrogen and oxygen atoms in total. The van der Waals surface area contributed by atoms with E-state index in [0.29, 0.717) is 12.6 Å². The number of benzene rings is 1. The average Bonchev–Trinajstić information content (AvgIpc) is 2.50. The van der Waals surface area contributed by atoms with E-state index in [0.717, 1.165) is 25.3 Å². The summed E-state index contributed by atoms with van der Waals surface area (Å²) in [5.74, 6) is 0. The molecule has 0 aromatic heterocycles. The van der Waals surface area contributed by atoms with E-state index < -0.39 is 0 Å². The van der Waals surface area contributed by atoms with Crippen LogP contribution in [0.4, 0.5) is 10.5 Å². The number of hydrogen-bond donors (Lipinski definition) is 2. The largest absolute Gasteiger partial charge is 0.336 e. The van der Waals surface area contributed by atoms with Gasteiger partial charge in [-0.3, -0.25) is 9.80 Å². The van der Waals surface area contributed by atoms with E-state index in [4.69, 9.17) is 0 Å². The summed E-state index contributed by atoms with van der Waals surface area (Å²) in [5.41, 5.74) is 3.28. The molecular weight excluding hydrogens is 264 g/mol. The minimum atomic E-state index is -0.115. The fourth-order valence-electron chi connectivity index (χ4n) is 3.12. The van der Waals surface area contributed by atoms with Crippen LogP contribution in [0, 0.1) is 13.8 Å². The first kappa shape index (κ1) is 14.4. The lowest BCUT2D eigenvalue weighted by molar-refractivity contribution is 0.0149. The molecule has 5 heteroatoms. The molecule has 0 aliphatic carbocycles. The van der Waals surface area contributed by atoms with Gasteiger partial charge in [0.2, 0.25) is 0 Å². The van der Waals surface area contributed by atoms with E-state index in [1.165, 1.54) is 24.2 Å². The van der Waals surface area contributed by atoms with Crippen molar-refractivity contribution in [2.75, 3.05) is 44.6 Å². The average molecular weight is 288 g/mol.